The minimum Gasteiger partial charge on any atom is -0.288 e. The van der Waals surface area contributed by atoms with Crippen molar-refractivity contribution in [2.75, 3.05) is 0 Å². The third-order valence-corrected chi connectivity index (χ3v) is 4.84. The highest BCUT2D eigenvalue weighted by Gasteiger charge is 2.14. The van der Waals surface area contributed by atoms with Gasteiger partial charge in [0.1, 0.15) is 5.75 Å². The highest BCUT2D eigenvalue weighted by molar-refractivity contribution is 7.85. The molecule has 0 fully saturated rings. The van der Waals surface area contributed by atoms with E-state index in [4.69, 9.17) is 4.55 Å². The summed E-state index contributed by atoms with van der Waals surface area (Å²) in [6.07, 6.45) is 0. The summed E-state index contributed by atoms with van der Waals surface area (Å²) in [4.78, 5) is 12.5. The fourth-order valence-electron chi connectivity index (χ4n) is 2.23. The molecule has 4 nitrogen and oxygen atoms in total. The molecule has 1 N–H and O–H groups in total. The van der Waals surface area contributed by atoms with Gasteiger partial charge in [-0.05, 0) is 23.8 Å². The quantitative estimate of drug-likeness (QED) is 0.584. The van der Waals surface area contributed by atoms with E-state index in [0.717, 1.165) is 9.40 Å². The Hall–Kier alpha value is -1.76. The maximum atomic E-state index is 12.5. The zero-order chi connectivity index (χ0) is 14.3. The van der Waals surface area contributed by atoms with Crippen LogP contribution in [0.15, 0.2) is 47.3 Å². The smallest absolute Gasteiger partial charge is 0.269 e. The molecule has 0 aliphatic rings. The van der Waals surface area contributed by atoms with Crippen molar-refractivity contribution < 1.29 is 13.0 Å². The first-order chi connectivity index (χ1) is 9.46. The molecule has 1 aromatic heterocycles. The molecule has 0 unspecified atom stereocenters. The number of rotatable bonds is 2. The van der Waals surface area contributed by atoms with Gasteiger partial charge in [-0.25, -0.2) is 0 Å². The molecule has 0 saturated carbocycles. The molecule has 0 radical (unpaired) electrons. The lowest BCUT2D eigenvalue weighted by Crippen LogP contribution is -2.08. The van der Waals surface area contributed by atoms with E-state index in [0.29, 0.717) is 16.3 Å². The molecule has 0 atom stereocenters. The van der Waals surface area contributed by atoms with Gasteiger partial charge in [0.25, 0.3) is 10.1 Å². The van der Waals surface area contributed by atoms with Crippen molar-refractivity contribution in [2.45, 2.75) is 5.75 Å². The van der Waals surface area contributed by atoms with Gasteiger partial charge in [0.15, 0.2) is 5.43 Å². The fourth-order valence-corrected chi connectivity index (χ4v) is 3.99. The monoisotopic (exact) mass is 306 g/mol. The van der Waals surface area contributed by atoms with Gasteiger partial charge in [0, 0.05) is 20.2 Å². The first-order valence-electron chi connectivity index (χ1n) is 5.84. The summed E-state index contributed by atoms with van der Waals surface area (Å²) in [7, 11) is -4.17. The Morgan fingerprint density at radius 2 is 1.70 bits per heavy atom. The Morgan fingerprint density at radius 1 is 1.00 bits per heavy atom. The summed E-state index contributed by atoms with van der Waals surface area (Å²) in [6, 6.07) is 12.2. The van der Waals surface area contributed by atoms with Gasteiger partial charge >= 0.3 is 0 Å². The van der Waals surface area contributed by atoms with Gasteiger partial charge in [-0.15, -0.1) is 11.3 Å². The lowest BCUT2D eigenvalue weighted by molar-refractivity contribution is 0.482. The first kappa shape index (κ1) is 13.2. The SMILES string of the molecule is O=c1c2ccccc2sc2cccc(CS(=O)(=O)O)c12. The summed E-state index contributed by atoms with van der Waals surface area (Å²) < 4.78 is 32.7. The summed E-state index contributed by atoms with van der Waals surface area (Å²) in [5, 5.41) is 0.932. The molecule has 6 heteroatoms. The molecule has 0 aliphatic heterocycles. The van der Waals surface area contributed by atoms with Crippen LogP contribution < -0.4 is 5.43 Å². The predicted octanol–water partition coefficient (Wildman–Crippen LogP) is 2.80. The van der Waals surface area contributed by atoms with E-state index >= 15 is 0 Å². The third-order valence-electron chi connectivity index (χ3n) is 3.03. The minimum atomic E-state index is -4.17. The molecule has 2 aromatic carbocycles. The van der Waals surface area contributed by atoms with Gasteiger partial charge in [-0.3, -0.25) is 9.35 Å². The average molecular weight is 306 g/mol. The summed E-state index contributed by atoms with van der Waals surface area (Å²) in [6.45, 7) is 0. The van der Waals surface area contributed by atoms with Crippen LogP contribution in [-0.4, -0.2) is 13.0 Å². The molecule has 0 amide bonds. The van der Waals surface area contributed by atoms with Gasteiger partial charge < -0.3 is 0 Å². The average Bonchev–Trinajstić information content (AvgIpc) is 2.37. The standard InChI is InChI=1S/C14H10O4S2/c15-14-10-5-1-2-6-11(10)19-12-7-3-4-9(13(12)14)8-20(16,17)18/h1-7H,8H2,(H,16,17,18). The van der Waals surface area contributed by atoms with Crippen LogP contribution >= 0.6 is 11.3 Å². The fraction of sp³-hybridized carbons (Fsp3) is 0.0714. The maximum Gasteiger partial charge on any atom is 0.269 e. The van der Waals surface area contributed by atoms with Gasteiger partial charge in [0.2, 0.25) is 0 Å². The van der Waals surface area contributed by atoms with E-state index in [1.807, 2.05) is 12.1 Å². The van der Waals surface area contributed by atoms with Crippen molar-refractivity contribution in [2.24, 2.45) is 0 Å². The van der Waals surface area contributed by atoms with Crippen LogP contribution in [0, 0.1) is 0 Å². The maximum absolute atomic E-state index is 12.5. The Bertz CT molecular complexity index is 971. The van der Waals surface area contributed by atoms with Crippen molar-refractivity contribution in [3.63, 3.8) is 0 Å². The topological polar surface area (TPSA) is 71.4 Å². The lowest BCUT2D eigenvalue weighted by atomic mass is 10.1. The minimum absolute atomic E-state index is 0.200. The number of benzene rings is 2. The normalized spacial score (nSPS) is 12.1. The second-order valence-electron chi connectivity index (χ2n) is 4.44. The lowest BCUT2D eigenvalue weighted by Gasteiger charge is -2.05. The van der Waals surface area contributed by atoms with Crippen LogP contribution in [0.3, 0.4) is 0 Å². The van der Waals surface area contributed by atoms with E-state index in [-0.39, 0.29) is 5.43 Å². The molecular formula is C14H10O4S2. The highest BCUT2D eigenvalue weighted by atomic mass is 32.2. The van der Waals surface area contributed by atoms with Crippen LogP contribution in [0.1, 0.15) is 5.56 Å². The van der Waals surface area contributed by atoms with Crippen LogP contribution in [0.4, 0.5) is 0 Å². The van der Waals surface area contributed by atoms with Crippen molar-refractivity contribution in [3.05, 3.63) is 58.3 Å². The van der Waals surface area contributed by atoms with Crippen LogP contribution in [-0.2, 0) is 15.9 Å². The van der Waals surface area contributed by atoms with Crippen LogP contribution in [0.5, 0.6) is 0 Å². The number of hydrogen-bond donors (Lipinski definition) is 1. The highest BCUT2D eigenvalue weighted by Crippen LogP contribution is 2.27. The van der Waals surface area contributed by atoms with Crippen LogP contribution in [0.25, 0.3) is 20.2 Å². The van der Waals surface area contributed by atoms with E-state index in [1.54, 1.807) is 30.3 Å². The Kier molecular flexibility index (Phi) is 3.08. The van der Waals surface area contributed by atoms with E-state index in [2.05, 4.69) is 0 Å². The molecule has 1 heterocycles. The summed E-state index contributed by atoms with van der Waals surface area (Å²) >= 11 is 1.43. The van der Waals surface area contributed by atoms with Gasteiger partial charge in [-0.1, -0.05) is 24.3 Å². The molecule has 20 heavy (non-hydrogen) atoms. The van der Waals surface area contributed by atoms with Gasteiger partial charge in [-0.2, -0.15) is 8.42 Å². The molecule has 0 saturated heterocycles. The Balaban J connectivity index is 2.45. The Morgan fingerprint density at radius 3 is 2.45 bits per heavy atom. The first-order valence-corrected chi connectivity index (χ1v) is 8.27. The van der Waals surface area contributed by atoms with Gasteiger partial charge in [0.05, 0.1) is 0 Å². The molecule has 3 rings (SSSR count). The third kappa shape index (κ3) is 2.33. The van der Waals surface area contributed by atoms with Crippen molar-refractivity contribution in [1.82, 2.24) is 0 Å². The van der Waals surface area contributed by atoms with Crippen molar-refractivity contribution in [1.29, 1.82) is 0 Å². The van der Waals surface area contributed by atoms with Crippen molar-refractivity contribution in [3.8, 4) is 0 Å². The number of fused-ring (bicyclic) bond motifs is 2. The summed E-state index contributed by atoms with van der Waals surface area (Å²) in [5.41, 5.74) is 0.130. The molecule has 102 valence electrons. The zero-order valence-electron chi connectivity index (χ0n) is 10.2. The van der Waals surface area contributed by atoms with E-state index in [9.17, 15) is 13.2 Å². The molecule has 0 bridgehead atoms. The predicted molar refractivity (Wildman–Crippen MR) is 80.9 cm³/mol. The molecular weight excluding hydrogens is 296 g/mol. The second-order valence-corrected chi connectivity index (χ2v) is 6.98. The van der Waals surface area contributed by atoms with Crippen molar-refractivity contribution >= 4 is 41.6 Å². The Labute approximate surface area is 119 Å². The van der Waals surface area contributed by atoms with E-state index < -0.39 is 15.9 Å². The summed E-state index contributed by atoms with van der Waals surface area (Å²) in [5.74, 6) is -0.551. The van der Waals surface area contributed by atoms with E-state index in [1.165, 1.54) is 11.3 Å². The zero-order valence-corrected chi connectivity index (χ0v) is 11.9. The number of hydrogen-bond acceptors (Lipinski definition) is 4. The molecule has 0 spiro atoms. The largest absolute Gasteiger partial charge is 0.288 e. The molecule has 0 aliphatic carbocycles. The van der Waals surface area contributed by atoms with Crippen LogP contribution in [0.2, 0.25) is 0 Å². The molecule has 3 aromatic rings. The second kappa shape index (κ2) is 4.66.